The van der Waals surface area contributed by atoms with Crippen LogP contribution >= 0.6 is 22.6 Å². The number of benzene rings is 3. The highest BCUT2D eigenvalue weighted by molar-refractivity contribution is 14.1. The molecule has 0 unspecified atom stereocenters. The monoisotopic (exact) mass is 676 g/mol. The van der Waals surface area contributed by atoms with E-state index in [9.17, 15) is 22.8 Å². The number of ether oxygens (including phenoxy) is 1. The van der Waals surface area contributed by atoms with Gasteiger partial charge in [-0.25, -0.2) is 9.78 Å². The van der Waals surface area contributed by atoms with Gasteiger partial charge in [0.1, 0.15) is 30.3 Å². The third-order valence-electron chi connectivity index (χ3n) is 6.66. The number of aromatic amines is 1. The van der Waals surface area contributed by atoms with Gasteiger partial charge < -0.3 is 20.1 Å². The van der Waals surface area contributed by atoms with Gasteiger partial charge in [0, 0.05) is 9.99 Å². The van der Waals surface area contributed by atoms with E-state index in [-0.39, 0.29) is 31.0 Å². The van der Waals surface area contributed by atoms with Crippen LogP contribution in [0, 0.1) is 3.57 Å². The van der Waals surface area contributed by atoms with Crippen molar-refractivity contribution in [3.63, 3.8) is 0 Å². The number of carbonyl (C=O) groups is 2. The van der Waals surface area contributed by atoms with Crippen LogP contribution in [0.25, 0.3) is 11.3 Å². The smallest absolute Gasteiger partial charge is 0.416 e. The zero-order chi connectivity index (χ0) is 29.1. The SMILES string of the molecule is O=C1N[C@@H](c2ccc(OCCO)cc2)C(=O)N1[C@H](Cc1ccccc1C(F)(F)F)c1ncc(-c2ccc(I)cc2)[nH]1. The van der Waals surface area contributed by atoms with Crippen LogP contribution in [0.5, 0.6) is 5.75 Å². The summed E-state index contributed by atoms with van der Waals surface area (Å²) < 4.78 is 48.0. The Labute approximate surface area is 246 Å². The van der Waals surface area contributed by atoms with Crippen LogP contribution < -0.4 is 10.1 Å². The third-order valence-corrected chi connectivity index (χ3v) is 7.38. The molecule has 8 nitrogen and oxygen atoms in total. The van der Waals surface area contributed by atoms with E-state index in [1.807, 2.05) is 24.3 Å². The normalized spacial score (nSPS) is 16.1. The van der Waals surface area contributed by atoms with Gasteiger partial charge in [0.2, 0.25) is 0 Å². The van der Waals surface area contributed by atoms with Crippen molar-refractivity contribution in [3.05, 3.63) is 105 Å². The van der Waals surface area contributed by atoms with Crippen LogP contribution in [0.4, 0.5) is 18.0 Å². The molecule has 2 heterocycles. The number of imidazole rings is 1. The number of H-pyrrole nitrogens is 1. The maximum absolute atomic E-state index is 13.9. The number of halogens is 4. The second-order valence-corrected chi connectivity index (χ2v) is 10.5. The third kappa shape index (κ3) is 6.22. The summed E-state index contributed by atoms with van der Waals surface area (Å²) in [5, 5.41) is 11.6. The van der Waals surface area contributed by atoms with Crippen LogP contribution in [0.3, 0.4) is 0 Å². The maximum Gasteiger partial charge on any atom is 0.416 e. The van der Waals surface area contributed by atoms with Crippen molar-refractivity contribution >= 4 is 34.5 Å². The summed E-state index contributed by atoms with van der Waals surface area (Å²) in [5.41, 5.74) is 0.920. The number of carbonyl (C=O) groups excluding carboxylic acids is 2. The topological polar surface area (TPSA) is 108 Å². The minimum atomic E-state index is -4.63. The number of aliphatic hydroxyl groups excluding tert-OH is 1. The molecule has 5 rings (SSSR count). The van der Waals surface area contributed by atoms with E-state index < -0.39 is 35.8 Å². The molecular formula is C29H24F3IN4O4. The molecule has 1 saturated heterocycles. The number of imide groups is 1. The minimum absolute atomic E-state index is 0.0772. The van der Waals surface area contributed by atoms with E-state index >= 15 is 0 Å². The van der Waals surface area contributed by atoms with E-state index in [1.165, 1.54) is 24.4 Å². The second-order valence-electron chi connectivity index (χ2n) is 9.30. The average Bonchev–Trinajstić information content (AvgIpc) is 3.56. The predicted molar refractivity (Wildman–Crippen MR) is 152 cm³/mol. The van der Waals surface area contributed by atoms with Gasteiger partial charge >= 0.3 is 12.2 Å². The molecule has 3 N–H and O–H groups in total. The summed E-state index contributed by atoms with van der Waals surface area (Å²) in [7, 11) is 0. The fourth-order valence-electron chi connectivity index (χ4n) is 4.71. The van der Waals surface area contributed by atoms with E-state index in [0.717, 1.165) is 20.1 Å². The number of rotatable bonds is 9. The minimum Gasteiger partial charge on any atom is -0.491 e. The number of aliphatic hydroxyl groups is 1. The Morgan fingerprint density at radius 3 is 2.41 bits per heavy atom. The molecule has 1 fully saturated rings. The summed E-state index contributed by atoms with van der Waals surface area (Å²) in [5.74, 6) is 0.0185. The van der Waals surface area contributed by atoms with Gasteiger partial charge in [0.25, 0.3) is 5.91 Å². The predicted octanol–water partition coefficient (Wildman–Crippen LogP) is 5.65. The fraction of sp³-hybridized carbons (Fsp3) is 0.207. The van der Waals surface area contributed by atoms with E-state index in [4.69, 9.17) is 9.84 Å². The van der Waals surface area contributed by atoms with E-state index in [0.29, 0.717) is 17.0 Å². The van der Waals surface area contributed by atoms with Gasteiger partial charge in [-0.15, -0.1) is 0 Å². The highest BCUT2D eigenvalue weighted by atomic mass is 127. The van der Waals surface area contributed by atoms with Gasteiger partial charge in [-0.2, -0.15) is 13.2 Å². The highest BCUT2D eigenvalue weighted by Crippen LogP contribution is 2.37. The van der Waals surface area contributed by atoms with Crippen molar-refractivity contribution in [1.82, 2.24) is 20.2 Å². The van der Waals surface area contributed by atoms with Crippen molar-refractivity contribution in [2.45, 2.75) is 24.7 Å². The number of amides is 3. The molecule has 0 saturated carbocycles. The lowest BCUT2D eigenvalue weighted by Gasteiger charge is -2.25. The number of nitrogens with one attached hydrogen (secondary N) is 2. The molecule has 0 spiro atoms. The van der Waals surface area contributed by atoms with Crippen molar-refractivity contribution in [3.8, 4) is 17.0 Å². The first kappa shape index (κ1) is 28.6. The van der Waals surface area contributed by atoms with Crippen LogP contribution in [0.15, 0.2) is 79.0 Å². The van der Waals surface area contributed by atoms with Gasteiger partial charge in [0.15, 0.2) is 0 Å². The molecular weight excluding hydrogens is 652 g/mol. The molecule has 0 aliphatic carbocycles. The number of hydrogen-bond acceptors (Lipinski definition) is 5. The summed E-state index contributed by atoms with van der Waals surface area (Å²) in [6.07, 6.45) is -3.41. The Hall–Kier alpha value is -3.91. The lowest BCUT2D eigenvalue weighted by molar-refractivity contribution is -0.138. The van der Waals surface area contributed by atoms with Gasteiger partial charge in [-0.3, -0.25) is 9.69 Å². The number of aromatic nitrogens is 2. The first-order valence-corrected chi connectivity index (χ1v) is 13.7. The summed E-state index contributed by atoms with van der Waals surface area (Å²) in [4.78, 5) is 35.4. The van der Waals surface area contributed by atoms with Gasteiger partial charge in [-0.05, 0) is 69.6 Å². The van der Waals surface area contributed by atoms with Crippen LogP contribution in [0.2, 0.25) is 0 Å². The fourth-order valence-corrected chi connectivity index (χ4v) is 5.07. The zero-order valence-corrected chi connectivity index (χ0v) is 23.5. The molecule has 3 amide bonds. The molecule has 3 aromatic carbocycles. The van der Waals surface area contributed by atoms with Crippen molar-refractivity contribution in [1.29, 1.82) is 0 Å². The zero-order valence-electron chi connectivity index (χ0n) is 21.4. The summed E-state index contributed by atoms with van der Waals surface area (Å²) >= 11 is 2.17. The molecule has 12 heteroatoms. The molecule has 0 radical (unpaired) electrons. The number of urea groups is 1. The summed E-state index contributed by atoms with van der Waals surface area (Å²) in [6, 6.07) is 16.1. The van der Waals surface area contributed by atoms with Crippen LogP contribution in [-0.2, 0) is 17.4 Å². The lowest BCUT2D eigenvalue weighted by atomic mass is 9.98. The van der Waals surface area contributed by atoms with E-state index in [1.54, 1.807) is 24.3 Å². The van der Waals surface area contributed by atoms with Crippen LogP contribution in [-0.4, -0.2) is 45.1 Å². The Kier molecular flexibility index (Phi) is 8.31. The maximum atomic E-state index is 13.9. The molecule has 0 bridgehead atoms. The highest BCUT2D eigenvalue weighted by Gasteiger charge is 2.45. The Morgan fingerprint density at radius 1 is 1.02 bits per heavy atom. The average molecular weight is 676 g/mol. The van der Waals surface area contributed by atoms with E-state index in [2.05, 4.69) is 37.9 Å². The first-order chi connectivity index (χ1) is 19.7. The molecule has 41 heavy (non-hydrogen) atoms. The number of alkyl halides is 3. The largest absolute Gasteiger partial charge is 0.491 e. The molecule has 1 aliphatic heterocycles. The molecule has 1 aliphatic rings. The van der Waals surface area contributed by atoms with Crippen LogP contribution in [0.1, 0.15) is 34.6 Å². The standard InChI is InChI=1S/C29H24F3IN4O4/c30-29(31,32)22-4-2-1-3-19(22)15-24(26-34-16-23(35-26)17-5-9-20(33)10-6-17)37-27(39)25(36-28(37)40)18-7-11-21(12-8-18)41-14-13-38/h1-12,16,24-25,38H,13-15H2,(H,34,35)(H,36,40)/t24-,25+/m1/s1. The molecule has 212 valence electrons. The Morgan fingerprint density at radius 2 is 1.73 bits per heavy atom. The Bertz CT molecular complexity index is 1540. The summed E-state index contributed by atoms with van der Waals surface area (Å²) in [6.45, 7) is -0.0640. The van der Waals surface area contributed by atoms with Crippen molar-refractivity contribution in [2.24, 2.45) is 0 Å². The van der Waals surface area contributed by atoms with Gasteiger partial charge in [-0.1, -0.05) is 42.5 Å². The quantitative estimate of drug-likeness (QED) is 0.157. The molecule has 4 aromatic rings. The molecule has 2 atom stereocenters. The number of hydrogen-bond donors (Lipinski definition) is 3. The van der Waals surface area contributed by atoms with Crippen molar-refractivity contribution in [2.75, 3.05) is 13.2 Å². The van der Waals surface area contributed by atoms with Crippen molar-refractivity contribution < 1.29 is 32.6 Å². The number of nitrogens with zero attached hydrogens (tertiary/aromatic N) is 2. The lowest BCUT2D eigenvalue weighted by Crippen LogP contribution is -2.37. The van der Waals surface area contributed by atoms with Gasteiger partial charge in [0.05, 0.1) is 24.1 Å². The Balaban J connectivity index is 1.51. The second kappa shape index (κ2) is 11.9. The first-order valence-electron chi connectivity index (χ1n) is 12.6. The molecule has 1 aromatic heterocycles.